The number of rotatable bonds is 7. The number of halogens is 4. The quantitative estimate of drug-likeness (QED) is 0.484. The Hall–Kier alpha value is -2.81. The smallest absolute Gasteiger partial charge is 0.418 e. The maximum atomic E-state index is 14.0. The normalized spacial score (nSPS) is 17.6. The highest BCUT2D eigenvalue weighted by molar-refractivity contribution is 5.93. The molecule has 0 saturated heterocycles. The van der Waals surface area contributed by atoms with Crippen LogP contribution in [0, 0.1) is 5.82 Å². The van der Waals surface area contributed by atoms with Crippen molar-refractivity contribution in [1.29, 1.82) is 0 Å². The lowest BCUT2D eigenvalue weighted by atomic mass is 9.74. The van der Waals surface area contributed by atoms with Crippen LogP contribution in [-0.4, -0.2) is 36.4 Å². The van der Waals surface area contributed by atoms with Crippen LogP contribution in [0.25, 0.3) is 0 Å². The number of esters is 1. The van der Waals surface area contributed by atoms with Crippen LogP contribution in [0.1, 0.15) is 45.9 Å². The summed E-state index contributed by atoms with van der Waals surface area (Å²) in [6.45, 7) is 1.68. The molecule has 0 spiro atoms. The number of cyclic esters (lactones) is 1. The number of ether oxygens (including phenoxy) is 2. The average Bonchev–Trinajstić information content (AvgIpc) is 3.06. The number of carbonyl (C=O) groups excluding carboxylic acids is 1. The van der Waals surface area contributed by atoms with Gasteiger partial charge in [0.1, 0.15) is 18.2 Å². The fourth-order valence-electron chi connectivity index (χ4n) is 3.70. The summed E-state index contributed by atoms with van der Waals surface area (Å²) in [6, 6.07) is 7.11. The van der Waals surface area contributed by atoms with Crippen LogP contribution in [0.15, 0.2) is 36.4 Å². The minimum atomic E-state index is -5.09. The van der Waals surface area contributed by atoms with Gasteiger partial charge >= 0.3 is 12.1 Å². The molecule has 2 N–H and O–H groups in total. The number of benzene rings is 2. The number of nitrogens with one attached hydrogen (secondary N) is 1. The second-order valence-electron chi connectivity index (χ2n) is 8.13. The third kappa shape index (κ3) is 4.61. The molecular weight excluding hydrogens is 418 g/mol. The van der Waals surface area contributed by atoms with E-state index in [0.717, 1.165) is 18.2 Å². The lowest BCUT2D eigenvalue weighted by molar-refractivity contribution is -0.260. The Labute approximate surface area is 181 Å². The first-order valence-corrected chi connectivity index (χ1v) is 9.33. The summed E-state index contributed by atoms with van der Waals surface area (Å²) in [5.74, 6) is -1.64. The third-order valence-electron chi connectivity index (χ3n) is 5.31. The van der Waals surface area contributed by atoms with Crippen LogP contribution in [0.3, 0.4) is 0 Å². The highest BCUT2D eigenvalue weighted by atomic mass is 19.4. The number of anilines is 1. The first kappa shape index (κ1) is 18.9. The molecular formula is C22H23F4NO4. The third-order valence-corrected chi connectivity index (χ3v) is 5.31. The largest absolute Gasteiger partial charge is 0.496 e. The van der Waals surface area contributed by atoms with Gasteiger partial charge in [-0.1, -0.05) is 13.8 Å². The van der Waals surface area contributed by atoms with E-state index >= 15 is 0 Å². The molecule has 9 heteroatoms. The minimum absolute atomic E-state index is 0.00784. The Morgan fingerprint density at radius 2 is 1.97 bits per heavy atom. The van der Waals surface area contributed by atoms with Gasteiger partial charge in [0.2, 0.25) is 0 Å². The number of hydrogen-bond donors (Lipinski definition) is 2. The molecule has 1 unspecified atom stereocenters. The average molecular weight is 444 g/mol. The van der Waals surface area contributed by atoms with Crippen molar-refractivity contribution in [3.8, 4) is 5.75 Å². The van der Waals surface area contributed by atoms with Crippen molar-refractivity contribution in [2.24, 2.45) is 0 Å². The molecule has 2 aromatic rings. The number of alkyl halides is 3. The zero-order valence-electron chi connectivity index (χ0n) is 19.8. The van der Waals surface area contributed by atoms with Crippen LogP contribution < -0.4 is 10.1 Å². The Morgan fingerprint density at radius 3 is 2.65 bits per heavy atom. The first-order valence-electron chi connectivity index (χ1n) is 10.8. The molecule has 31 heavy (non-hydrogen) atoms. The fourth-order valence-corrected chi connectivity index (χ4v) is 3.70. The van der Waals surface area contributed by atoms with E-state index in [4.69, 9.17) is 13.6 Å². The van der Waals surface area contributed by atoms with Gasteiger partial charge in [-0.2, -0.15) is 13.2 Å². The van der Waals surface area contributed by atoms with Gasteiger partial charge in [0, 0.05) is 16.8 Å². The van der Waals surface area contributed by atoms with Gasteiger partial charge in [-0.25, -0.2) is 9.18 Å². The molecule has 5 nitrogen and oxygen atoms in total. The van der Waals surface area contributed by atoms with E-state index in [1.165, 1.54) is 32.0 Å². The minimum Gasteiger partial charge on any atom is -0.496 e. The van der Waals surface area contributed by atoms with E-state index in [0.29, 0.717) is 11.1 Å². The second-order valence-corrected chi connectivity index (χ2v) is 8.13. The highest BCUT2D eigenvalue weighted by Gasteiger charge is 2.56. The summed E-state index contributed by atoms with van der Waals surface area (Å²) in [6.07, 6.45) is -6.03. The molecule has 2 aromatic carbocycles. The Balaban J connectivity index is 1.89. The van der Waals surface area contributed by atoms with Crippen molar-refractivity contribution in [2.75, 3.05) is 18.9 Å². The monoisotopic (exact) mass is 444 g/mol. The summed E-state index contributed by atoms with van der Waals surface area (Å²) in [5, 5.41) is 13.3. The maximum Gasteiger partial charge on any atom is 0.418 e. The van der Waals surface area contributed by atoms with Crippen LogP contribution in [0.4, 0.5) is 23.2 Å². The van der Waals surface area contributed by atoms with E-state index in [1.54, 1.807) is 0 Å². The predicted octanol–water partition coefficient (Wildman–Crippen LogP) is 4.58. The van der Waals surface area contributed by atoms with Crippen LogP contribution in [-0.2, 0) is 16.8 Å². The van der Waals surface area contributed by atoms with Crippen molar-refractivity contribution in [3.05, 3.63) is 58.9 Å². The van der Waals surface area contributed by atoms with Gasteiger partial charge in [-0.05, 0) is 48.2 Å². The summed E-state index contributed by atoms with van der Waals surface area (Å²) in [4.78, 5) is 11.6. The van der Waals surface area contributed by atoms with Gasteiger partial charge in [-0.3, -0.25) is 0 Å². The van der Waals surface area contributed by atoms with Gasteiger partial charge in [0.15, 0.2) is 5.60 Å². The number of hydrogen-bond acceptors (Lipinski definition) is 5. The van der Waals surface area contributed by atoms with E-state index in [-0.39, 0.29) is 23.6 Å². The van der Waals surface area contributed by atoms with Gasteiger partial charge < -0.3 is 19.9 Å². The highest BCUT2D eigenvalue weighted by Crippen LogP contribution is 2.43. The summed E-state index contributed by atoms with van der Waals surface area (Å²) in [7, 11) is -2.91. The summed E-state index contributed by atoms with van der Waals surface area (Å²) in [5.41, 5.74) is -3.95. The molecule has 0 amide bonds. The fraction of sp³-hybridized carbons (Fsp3) is 0.409. The lowest BCUT2D eigenvalue weighted by Crippen LogP contribution is -2.53. The van der Waals surface area contributed by atoms with E-state index < -0.39 is 49.0 Å². The van der Waals surface area contributed by atoms with Crippen LogP contribution >= 0.6 is 0 Å². The number of aliphatic hydroxyl groups is 1. The van der Waals surface area contributed by atoms with Gasteiger partial charge in [-0.15, -0.1) is 0 Å². The summed E-state index contributed by atoms with van der Waals surface area (Å²) >= 11 is 0. The number of carbonyl (C=O) groups is 1. The second kappa shape index (κ2) is 8.03. The number of methoxy groups -OCH3 is 1. The molecule has 1 aliphatic rings. The molecule has 1 atom stereocenters. The predicted molar refractivity (Wildman–Crippen MR) is 106 cm³/mol. The Morgan fingerprint density at radius 1 is 1.23 bits per heavy atom. The van der Waals surface area contributed by atoms with E-state index in [2.05, 4.69) is 5.32 Å². The van der Waals surface area contributed by atoms with Gasteiger partial charge in [0.05, 0.1) is 23.3 Å². The Bertz CT molecular complexity index is 1090. The molecule has 1 heterocycles. The molecule has 0 fully saturated rings. The van der Waals surface area contributed by atoms with E-state index in [9.17, 15) is 27.5 Å². The number of fused-ring (bicyclic) bond motifs is 1. The zero-order valence-corrected chi connectivity index (χ0v) is 16.8. The van der Waals surface area contributed by atoms with Crippen molar-refractivity contribution < 1.29 is 41.0 Å². The SMILES string of the molecule is [2H]C([2H])([2H])Oc1ccc(F)cc1C(C)(C)CC(O)(CNc1ccc2c(c1)COC2=O)C(F)(F)F. The molecule has 0 radical (unpaired) electrons. The molecule has 0 saturated carbocycles. The zero-order chi connectivity index (χ0) is 25.5. The summed E-state index contributed by atoms with van der Waals surface area (Å²) < 4.78 is 87.6. The van der Waals surface area contributed by atoms with Gasteiger partial charge in [0.25, 0.3) is 0 Å². The van der Waals surface area contributed by atoms with Crippen molar-refractivity contribution >= 4 is 11.7 Å². The van der Waals surface area contributed by atoms with Crippen molar-refractivity contribution in [2.45, 2.75) is 44.1 Å². The molecule has 168 valence electrons. The van der Waals surface area contributed by atoms with Crippen molar-refractivity contribution in [1.82, 2.24) is 0 Å². The lowest BCUT2D eigenvalue weighted by Gasteiger charge is -2.38. The molecule has 0 bridgehead atoms. The topological polar surface area (TPSA) is 67.8 Å². The standard InChI is InChI=1S/C22H23F4NO4/c1-20(2,17-9-14(23)4-7-18(17)30-3)11-21(29,22(24,25)26)12-27-15-5-6-16-13(8-15)10-31-19(16)28/h4-9,27,29H,10-12H2,1-3H3/i3D3. The molecule has 0 aromatic heterocycles. The Kier molecular flexibility index (Phi) is 4.90. The maximum absolute atomic E-state index is 14.0. The molecule has 3 rings (SSSR count). The van der Waals surface area contributed by atoms with Crippen molar-refractivity contribution in [3.63, 3.8) is 0 Å². The molecule has 0 aliphatic carbocycles. The molecule has 1 aliphatic heterocycles. The van der Waals surface area contributed by atoms with E-state index in [1.807, 2.05) is 0 Å². The van der Waals surface area contributed by atoms with Crippen LogP contribution in [0.5, 0.6) is 5.75 Å². The van der Waals surface area contributed by atoms with Crippen LogP contribution in [0.2, 0.25) is 0 Å². The first-order chi connectivity index (χ1) is 15.5.